The summed E-state index contributed by atoms with van der Waals surface area (Å²) in [6.07, 6.45) is 3.80. The minimum Gasteiger partial charge on any atom is -0.397 e. The van der Waals surface area contributed by atoms with E-state index in [-0.39, 0.29) is 0 Å². The van der Waals surface area contributed by atoms with Gasteiger partial charge in [-0.3, -0.25) is 4.98 Å². The number of pyridine rings is 1. The van der Waals surface area contributed by atoms with Gasteiger partial charge in [-0.1, -0.05) is 13.3 Å². The molecular weight excluding hydrogens is 204 g/mol. The van der Waals surface area contributed by atoms with Crippen molar-refractivity contribution in [2.24, 2.45) is 0 Å². The maximum Gasteiger partial charge on any atom is 0.0547 e. The minimum absolute atomic E-state index is 0.705. The van der Waals surface area contributed by atoms with Crippen molar-refractivity contribution < 1.29 is 0 Å². The van der Waals surface area contributed by atoms with Crippen LogP contribution in [-0.4, -0.2) is 4.98 Å². The Hall–Kier alpha value is -0.570. The molecule has 11 heavy (non-hydrogen) atoms. The third kappa shape index (κ3) is 2.19. The Bertz CT molecular complexity index is 248. The number of halogens is 1. The molecule has 3 heteroatoms. The van der Waals surface area contributed by atoms with Crippen LogP contribution in [0.15, 0.2) is 16.7 Å². The van der Waals surface area contributed by atoms with Crippen LogP contribution < -0.4 is 5.73 Å². The Balaban J connectivity index is 2.90. The zero-order valence-electron chi connectivity index (χ0n) is 6.47. The van der Waals surface area contributed by atoms with Crippen LogP contribution in [-0.2, 0) is 6.42 Å². The number of aromatic nitrogens is 1. The molecule has 0 saturated carbocycles. The minimum atomic E-state index is 0.705. The van der Waals surface area contributed by atoms with E-state index in [2.05, 4.69) is 27.8 Å². The molecule has 1 rings (SSSR count). The second-order valence-electron chi connectivity index (χ2n) is 2.45. The summed E-state index contributed by atoms with van der Waals surface area (Å²) in [7, 11) is 0. The Labute approximate surface area is 75.0 Å². The SMILES string of the molecule is CCCc1ncc(N)cc1Br. The Morgan fingerprint density at radius 3 is 2.91 bits per heavy atom. The van der Waals surface area contributed by atoms with Crippen molar-refractivity contribution in [3.8, 4) is 0 Å². The normalized spacial score (nSPS) is 10.0. The van der Waals surface area contributed by atoms with Crippen LogP contribution in [0.4, 0.5) is 5.69 Å². The monoisotopic (exact) mass is 214 g/mol. The number of hydrogen-bond acceptors (Lipinski definition) is 2. The Morgan fingerprint density at radius 2 is 2.36 bits per heavy atom. The molecule has 1 heterocycles. The summed E-state index contributed by atoms with van der Waals surface area (Å²) in [5.41, 5.74) is 7.32. The first kappa shape index (κ1) is 8.53. The third-order valence-corrected chi connectivity index (χ3v) is 2.11. The maximum atomic E-state index is 5.53. The van der Waals surface area contributed by atoms with Crippen LogP contribution in [0.25, 0.3) is 0 Å². The molecule has 0 spiro atoms. The molecule has 0 amide bonds. The van der Waals surface area contributed by atoms with Gasteiger partial charge in [-0.05, 0) is 28.4 Å². The molecule has 0 saturated heterocycles. The molecule has 0 aromatic carbocycles. The van der Waals surface area contributed by atoms with Gasteiger partial charge in [0.15, 0.2) is 0 Å². The number of nitrogens with two attached hydrogens (primary N) is 1. The number of rotatable bonds is 2. The van der Waals surface area contributed by atoms with Crippen molar-refractivity contribution in [3.05, 3.63) is 22.4 Å². The van der Waals surface area contributed by atoms with Gasteiger partial charge in [-0.25, -0.2) is 0 Å². The van der Waals surface area contributed by atoms with Crippen LogP contribution in [0, 0.1) is 0 Å². The van der Waals surface area contributed by atoms with E-state index in [1.165, 1.54) is 0 Å². The van der Waals surface area contributed by atoms with Gasteiger partial charge in [0.2, 0.25) is 0 Å². The van der Waals surface area contributed by atoms with Crippen molar-refractivity contribution in [1.82, 2.24) is 4.98 Å². The molecule has 2 N–H and O–H groups in total. The number of nitrogens with zero attached hydrogens (tertiary/aromatic N) is 1. The molecule has 0 aliphatic rings. The third-order valence-electron chi connectivity index (χ3n) is 1.43. The highest BCUT2D eigenvalue weighted by Crippen LogP contribution is 2.18. The number of anilines is 1. The van der Waals surface area contributed by atoms with Crippen LogP contribution in [0.1, 0.15) is 19.0 Å². The Kier molecular flexibility index (Phi) is 2.88. The molecular formula is C8H11BrN2. The maximum absolute atomic E-state index is 5.53. The largest absolute Gasteiger partial charge is 0.397 e. The van der Waals surface area contributed by atoms with E-state index in [0.29, 0.717) is 5.69 Å². The number of aryl methyl sites for hydroxylation is 1. The lowest BCUT2D eigenvalue weighted by molar-refractivity contribution is 0.877. The fourth-order valence-corrected chi connectivity index (χ4v) is 1.47. The number of nitrogen functional groups attached to an aromatic ring is 1. The summed E-state index contributed by atoms with van der Waals surface area (Å²) in [6.45, 7) is 2.13. The Morgan fingerprint density at radius 1 is 1.64 bits per heavy atom. The summed E-state index contributed by atoms with van der Waals surface area (Å²) in [5, 5.41) is 0. The predicted molar refractivity (Wildman–Crippen MR) is 50.3 cm³/mol. The second kappa shape index (κ2) is 3.72. The molecule has 0 radical (unpaired) electrons. The first-order valence-corrected chi connectivity index (χ1v) is 4.43. The van der Waals surface area contributed by atoms with Crippen molar-refractivity contribution in [1.29, 1.82) is 0 Å². The van der Waals surface area contributed by atoms with Crippen molar-refractivity contribution in [3.63, 3.8) is 0 Å². The molecule has 0 atom stereocenters. The van der Waals surface area contributed by atoms with Gasteiger partial charge in [0.1, 0.15) is 0 Å². The lowest BCUT2D eigenvalue weighted by Crippen LogP contribution is -1.93. The van der Waals surface area contributed by atoms with Gasteiger partial charge in [0.05, 0.1) is 17.6 Å². The van der Waals surface area contributed by atoms with Gasteiger partial charge >= 0.3 is 0 Å². The van der Waals surface area contributed by atoms with Gasteiger partial charge in [-0.15, -0.1) is 0 Å². The van der Waals surface area contributed by atoms with Gasteiger partial charge < -0.3 is 5.73 Å². The fraction of sp³-hybridized carbons (Fsp3) is 0.375. The van der Waals surface area contributed by atoms with Crippen LogP contribution in [0.2, 0.25) is 0 Å². The van der Waals surface area contributed by atoms with E-state index >= 15 is 0 Å². The van der Waals surface area contributed by atoms with Crippen LogP contribution >= 0.6 is 15.9 Å². The highest BCUT2D eigenvalue weighted by atomic mass is 79.9. The molecule has 2 nitrogen and oxygen atoms in total. The highest BCUT2D eigenvalue weighted by molar-refractivity contribution is 9.10. The molecule has 0 aliphatic carbocycles. The smallest absolute Gasteiger partial charge is 0.0547 e. The van der Waals surface area contributed by atoms with E-state index in [9.17, 15) is 0 Å². The summed E-state index contributed by atoms with van der Waals surface area (Å²) < 4.78 is 1.01. The van der Waals surface area contributed by atoms with Crippen molar-refractivity contribution in [2.45, 2.75) is 19.8 Å². The number of hydrogen-bond donors (Lipinski definition) is 1. The van der Waals surface area contributed by atoms with Crippen LogP contribution in [0.3, 0.4) is 0 Å². The van der Waals surface area contributed by atoms with Gasteiger partial charge in [-0.2, -0.15) is 0 Å². The van der Waals surface area contributed by atoms with Gasteiger partial charge in [0.25, 0.3) is 0 Å². The lowest BCUT2D eigenvalue weighted by atomic mass is 10.2. The van der Waals surface area contributed by atoms with Crippen LogP contribution in [0.5, 0.6) is 0 Å². The summed E-state index contributed by atoms with van der Waals surface area (Å²) in [6, 6.07) is 1.89. The quantitative estimate of drug-likeness (QED) is 0.822. The summed E-state index contributed by atoms with van der Waals surface area (Å²) >= 11 is 3.41. The first-order chi connectivity index (χ1) is 5.24. The molecule has 0 fully saturated rings. The lowest BCUT2D eigenvalue weighted by Gasteiger charge is -2.01. The molecule has 0 bridgehead atoms. The van der Waals surface area contributed by atoms with E-state index < -0.39 is 0 Å². The average Bonchev–Trinajstić information content (AvgIpc) is 1.95. The van der Waals surface area contributed by atoms with E-state index in [1.807, 2.05) is 6.07 Å². The summed E-state index contributed by atoms with van der Waals surface area (Å²) in [4.78, 5) is 4.20. The van der Waals surface area contributed by atoms with E-state index in [0.717, 1.165) is 23.0 Å². The highest BCUT2D eigenvalue weighted by Gasteiger charge is 1.99. The topological polar surface area (TPSA) is 38.9 Å². The van der Waals surface area contributed by atoms with Gasteiger partial charge in [0, 0.05) is 4.47 Å². The predicted octanol–water partition coefficient (Wildman–Crippen LogP) is 2.38. The van der Waals surface area contributed by atoms with E-state index in [4.69, 9.17) is 5.73 Å². The van der Waals surface area contributed by atoms with Crippen molar-refractivity contribution >= 4 is 21.6 Å². The zero-order valence-corrected chi connectivity index (χ0v) is 8.06. The first-order valence-electron chi connectivity index (χ1n) is 3.64. The molecule has 60 valence electrons. The second-order valence-corrected chi connectivity index (χ2v) is 3.30. The van der Waals surface area contributed by atoms with E-state index in [1.54, 1.807) is 6.20 Å². The average molecular weight is 215 g/mol. The standard InChI is InChI=1S/C8H11BrN2/c1-2-3-8-7(9)4-6(10)5-11-8/h4-5H,2-3,10H2,1H3. The molecule has 0 aliphatic heterocycles. The molecule has 1 aromatic rings. The molecule has 1 aromatic heterocycles. The summed E-state index contributed by atoms with van der Waals surface area (Å²) in [5.74, 6) is 0. The van der Waals surface area contributed by atoms with Crippen molar-refractivity contribution in [2.75, 3.05) is 5.73 Å². The fourth-order valence-electron chi connectivity index (χ4n) is 0.902. The zero-order chi connectivity index (χ0) is 8.27. The molecule has 0 unspecified atom stereocenters.